The van der Waals surface area contributed by atoms with Crippen LogP contribution in [0.5, 0.6) is 0 Å². The molecule has 1 atom stereocenters. The van der Waals surface area contributed by atoms with Gasteiger partial charge in [0.1, 0.15) is 0 Å². The van der Waals surface area contributed by atoms with Crippen LogP contribution >= 0.6 is 0 Å². The monoisotopic (exact) mass is 218 g/mol. The lowest BCUT2D eigenvalue weighted by Gasteiger charge is -2.14. The molecular formula is C9H18N2O4. The minimum absolute atomic E-state index is 0.0512. The van der Waals surface area contributed by atoms with Crippen molar-refractivity contribution < 1.29 is 19.4 Å². The van der Waals surface area contributed by atoms with Crippen LogP contribution in [0.4, 0.5) is 4.79 Å². The normalized spacial score (nSPS) is 12.3. The van der Waals surface area contributed by atoms with E-state index >= 15 is 0 Å². The molecule has 0 aliphatic rings. The average Bonchev–Trinajstić information content (AvgIpc) is 2.14. The van der Waals surface area contributed by atoms with Crippen molar-refractivity contribution in [1.29, 1.82) is 0 Å². The topological polar surface area (TPSA) is 87.7 Å². The van der Waals surface area contributed by atoms with Crippen molar-refractivity contribution in [2.75, 3.05) is 20.3 Å². The van der Waals surface area contributed by atoms with Gasteiger partial charge in [0.05, 0.1) is 6.61 Å². The van der Waals surface area contributed by atoms with Crippen LogP contribution in [0.3, 0.4) is 0 Å². The maximum absolute atomic E-state index is 11.2. The van der Waals surface area contributed by atoms with Gasteiger partial charge in [0, 0.05) is 13.7 Å². The zero-order valence-corrected chi connectivity index (χ0v) is 9.24. The van der Waals surface area contributed by atoms with Crippen LogP contribution in [-0.2, 0) is 9.53 Å². The quantitative estimate of drug-likeness (QED) is 0.587. The number of methoxy groups -OCH3 is 1. The summed E-state index contributed by atoms with van der Waals surface area (Å²) in [5.41, 5.74) is 0. The van der Waals surface area contributed by atoms with Gasteiger partial charge < -0.3 is 20.5 Å². The van der Waals surface area contributed by atoms with Gasteiger partial charge in [-0.05, 0) is 5.92 Å². The van der Waals surface area contributed by atoms with Crippen molar-refractivity contribution in [3.05, 3.63) is 0 Å². The van der Waals surface area contributed by atoms with Crippen LogP contribution in [0.15, 0.2) is 0 Å². The number of ether oxygens (including phenoxy) is 1. The van der Waals surface area contributed by atoms with Crippen LogP contribution in [-0.4, -0.2) is 43.4 Å². The number of amides is 2. The molecule has 2 amide bonds. The molecule has 0 fully saturated rings. The highest BCUT2D eigenvalue weighted by Gasteiger charge is 2.19. The summed E-state index contributed by atoms with van der Waals surface area (Å²) in [7, 11) is 1.38. The molecule has 0 radical (unpaired) electrons. The summed E-state index contributed by atoms with van der Waals surface area (Å²) < 4.78 is 4.67. The van der Waals surface area contributed by atoms with Gasteiger partial charge in [-0.3, -0.25) is 0 Å². The second-order valence-electron chi connectivity index (χ2n) is 3.59. The fraction of sp³-hybridized carbons (Fsp3) is 0.778. The van der Waals surface area contributed by atoms with E-state index in [1.165, 1.54) is 7.11 Å². The number of urea groups is 1. The van der Waals surface area contributed by atoms with Gasteiger partial charge in [-0.2, -0.15) is 0 Å². The number of rotatable bonds is 6. The first-order valence-corrected chi connectivity index (χ1v) is 4.73. The van der Waals surface area contributed by atoms with Crippen LogP contribution in [0.2, 0.25) is 0 Å². The van der Waals surface area contributed by atoms with Crippen molar-refractivity contribution in [2.24, 2.45) is 5.92 Å². The lowest BCUT2D eigenvalue weighted by Crippen LogP contribution is -2.48. The number of carbonyl (C=O) groups excluding carboxylic acids is 1. The van der Waals surface area contributed by atoms with E-state index in [0.717, 1.165) is 0 Å². The van der Waals surface area contributed by atoms with Crippen LogP contribution in [0.25, 0.3) is 0 Å². The van der Waals surface area contributed by atoms with Gasteiger partial charge in [-0.15, -0.1) is 0 Å². The molecule has 0 aliphatic heterocycles. The molecule has 1 unspecified atom stereocenters. The molecule has 0 aromatic carbocycles. The first-order chi connectivity index (χ1) is 6.97. The first-order valence-electron chi connectivity index (χ1n) is 4.73. The molecule has 6 nitrogen and oxygen atoms in total. The fourth-order valence-corrected chi connectivity index (χ4v) is 0.847. The van der Waals surface area contributed by atoms with Gasteiger partial charge in [0.2, 0.25) is 0 Å². The van der Waals surface area contributed by atoms with Crippen LogP contribution < -0.4 is 10.6 Å². The standard InChI is InChI=1S/C9H18N2O4/c1-6(2)4-10-9(14)11-7(5-15-3)8(12)13/h6-7H,4-5H2,1-3H3,(H,12,13)(H2,10,11,14). The maximum Gasteiger partial charge on any atom is 0.328 e. The summed E-state index contributed by atoms with van der Waals surface area (Å²) >= 11 is 0. The third-order valence-corrected chi connectivity index (χ3v) is 1.61. The Morgan fingerprint density at radius 1 is 1.40 bits per heavy atom. The van der Waals surface area contributed by atoms with Gasteiger partial charge in [0.15, 0.2) is 6.04 Å². The van der Waals surface area contributed by atoms with Crippen molar-refractivity contribution >= 4 is 12.0 Å². The Kier molecular flexibility index (Phi) is 6.44. The molecule has 0 rings (SSSR count). The SMILES string of the molecule is COCC(NC(=O)NCC(C)C)C(=O)O. The molecule has 0 bridgehead atoms. The smallest absolute Gasteiger partial charge is 0.328 e. The summed E-state index contributed by atoms with van der Waals surface area (Å²) in [4.78, 5) is 21.8. The van der Waals surface area contributed by atoms with Crippen molar-refractivity contribution in [3.63, 3.8) is 0 Å². The number of hydrogen-bond donors (Lipinski definition) is 3. The molecule has 0 aromatic heterocycles. The predicted octanol–water partition coefficient (Wildman–Crippen LogP) is 0.0412. The number of carboxylic acid groups (broad SMARTS) is 1. The Labute approximate surface area is 89.0 Å². The Balaban J connectivity index is 3.94. The van der Waals surface area contributed by atoms with E-state index in [1.54, 1.807) is 0 Å². The van der Waals surface area contributed by atoms with E-state index < -0.39 is 18.0 Å². The summed E-state index contributed by atoms with van der Waals surface area (Å²) in [5, 5.41) is 13.6. The summed E-state index contributed by atoms with van der Waals surface area (Å²) in [6.07, 6.45) is 0. The van der Waals surface area contributed by atoms with E-state index in [9.17, 15) is 9.59 Å². The van der Waals surface area contributed by atoms with Gasteiger partial charge in [0.25, 0.3) is 0 Å². The second-order valence-corrected chi connectivity index (χ2v) is 3.59. The molecule has 15 heavy (non-hydrogen) atoms. The highest BCUT2D eigenvalue weighted by atomic mass is 16.5. The van der Waals surface area contributed by atoms with Crippen molar-refractivity contribution in [3.8, 4) is 0 Å². The second kappa shape index (κ2) is 7.05. The highest BCUT2D eigenvalue weighted by Crippen LogP contribution is 1.88. The predicted molar refractivity (Wildman–Crippen MR) is 54.7 cm³/mol. The van der Waals surface area contributed by atoms with E-state index in [-0.39, 0.29) is 6.61 Å². The molecule has 0 aliphatic carbocycles. The lowest BCUT2D eigenvalue weighted by molar-refractivity contribution is -0.140. The average molecular weight is 218 g/mol. The Bertz CT molecular complexity index is 218. The number of hydrogen-bond acceptors (Lipinski definition) is 3. The molecule has 0 saturated carbocycles. The number of aliphatic carboxylic acids is 1. The molecule has 88 valence electrons. The molecule has 3 N–H and O–H groups in total. The Morgan fingerprint density at radius 3 is 2.40 bits per heavy atom. The highest BCUT2D eigenvalue weighted by molar-refractivity contribution is 5.82. The van der Waals surface area contributed by atoms with Crippen molar-refractivity contribution in [2.45, 2.75) is 19.9 Å². The van der Waals surface area contributed by atoms with E-state index in [2.05, 4.69) is 15.4 Å². The van der Waals surface area contributed by atoms with E-state index in [4.69, 9.17) is 5.11 Å². The number of nitrogens with one attached hydrogen (secondary N) is 2. The Hall–Kier alpha value is -1.30. The minimum Gasteiger partial charge on any atom is -0.480 e. The summed E-state index contributed by atoms with van der Waals surface area (Å²) in [6.45, 7) is 4.35. The maximum atomic E-state index is 11.2. The Morgan fingerprint density at radius 2 is 2.00 bits per heavy atom. The summed E-state index contributed by atoms with van der Waals surface area (Å²) in [5.74, 6) is -0.794. The molecule has 0 heterocycles. The minimum atomic E-state index is -1.11. The zero-order valence-electron chi connectivity index (χ0n) is 9.24. The lowest BCUT2D eigenvalue weighted by atomic mass is 10.2. The number of carbonyl (C=O) groups is 2. The first kappa shape index (κ1) is 13.7. The zero-order chi connectivity index (χ0) is 11.8. The van der Waals surface area contributed by atoms with Gasteiger partial charge in [-0.1, -0.05) is 13.8 Å². The third-order valence-electron chi connectivity index (χ3n) is 1.61. The molecule has 0 aromatic rings. The molecule has 0 spiro atoms. The summed E-state index contributed by atoms with van der Waals surface area (Å²) in [6, 6.07) is -1.50. The van der Waals surface area contributed by atoms with E-state index in [0.29, 0.717) is 12.5 Å². The molecule has 6 heteroatoms. The molecular weight excluding hydrogens is 200 g/mol. The van der Waals surface area contributed by atoms with Gasteiger partial charge >= 0.3 is 12.0 Å². The molecule has 0 saturated heterocycles. The van der Waals surface area contributed by atoms with E-state index in [1.807, 2.05) is 13.8 Å². The third kappa shape index (κ3) is 6.73. The number of carboxylic acids is 1. The largest absolute Gasteiger partial charge is 0.480 e. The van der Waals surface area contributed by atoms with Crippen LogP contribution in [0.1, 0.15) is 13.8 Å². The fourth-order valence-electron chi connectivity index (χ4n) is 0.847. The van der Waals surface area contributed by atoms with Gasteiger partial charge in [-0.25, -0.2) is 9.59 Å². The van der Waals surface area contributed by atoms with Crippen LogP contribution in [0, 0.1) is 5.92 Å². The van der Waals surface area contributed by atoms with Crippen molar-refractivity contribution in [1.82, 2.24) is 10.6 Å².